The molecule has 19 heavy (non-hydrogen) atoms. The number of nitrogens with two attached hydrogens (primary N) is 1. The van der Waals surface area contributed by atoms with Crippen LogP contribution in [0, 0.1) is 5.92 Å². The van der Waals surface area contributed by atoms with Crippen molar-refractivity contribution in [1.82, 2.24) is 5.32 Å². The molecule has 104 valence electrons. The van der Waals surface area contributed by atoms with Gasteiger partial charge in [0.05, 0.1) is 12.0 Å². The standard InChI is InChI=1S/C15H21ClN2O/c1-10(11-6-2-4-8-13(11)16)18-15(19)12-7-3-5-9-14(12)17/h2,4,6,8,10,12,14H,3,5,7,9,17H2,1H3,(H,18,19). The van der Waals surface area contributed by atoms with Crippen molar-refractivity contribution >= 4 is 17.5 Å². The Morgan fingerprint density at radius 1 is 1.37 bits per heavy atom. The van der Waals surface area contributed by atoms with Crippen LogP contribution in [0.25, 0.3) is 0 Å². The van der Waals surface area contributed by atoms with Crippen LogP contribution in [-0.2, 0) is 4.79 Å². The molecule has 2 rings (SSSR count). The molecule has 3 N–H and O–H groups in total. The quantitative estimate of drug-likeness (QED) is 0.894. The summed E-state index contributed by atoms with van der Waals surface area (Å²) in [7, 11) is 0. The molecule has 1 saturated carbocycles. The van der Waals surface area contributed by atoms with Crippen LogP contribution in [-0.4, -0.2) is 11.9 Å². The molecule has 0 radical (unpaired) electrons. The second-order valence-corrected chi connectivity index (χ2v) is 5.71. The summed E-state index contributed by atoms with van der Waals surface area (Å²) in [6.07, 6.45) is 4.05. The summed E-state index contributed by atoms with van der Waals surface area (Å²) in [5.41, 5.74) is 6.98. The topological polar surface area (TPSA) is 55.1 Å². The van der Waals surface area contributed by atoms with Gasteiger partial charge in [0.2, 0.25) is 5.91 Å². The third-order valence-electron chi connectivity index (χ3n) is 3.89. The van der Waals surface area contributed by atoms with Gasteiger partial charge in [-0.1, -0.05) is 42.6 Å². The van der Waals surface area contributed by atoms with Gasteiger partial charge < -0.3 is 11.1 Å². The van der Waals surface area contributed by atoms with Gasteiger partial charge in [-0.15, -0.1) is 0 Å². The highest BCUT2D eigenvalue weighted by Crippen LogP contribution is 2.26. The zero-order valence-corrected chi connectivity index (χ0v) is 12.0. The maximum absolute atomic E-state index is 12.3. The number of carbonyl (C=O) groups is 1. The lowest BCUT2D eigenvalue weighted by molar-refractivity contribution is -0.127. The van der Waals surface area contributed by atoms with E-state index in [0.29, 0.717) is 5.02 Å². The van der Waals surface area contributed by atoms with Crippen molar-refractivity contribution in [1.29, 1.82) is 0 Å². The predicted octanol–water partition coefficient (Wildman–Crippen LogP) is 3.03. The molecule has 3 atom stereocenters. The largest absolute Gasteiger partial charge is 0.349 e. The van der Waals surface area contributed by atoms with Gasteiger partial charge in [0.15, 0.2) is 0 Å². The van der Waals surface area contributed by atoms with E-state index in [2.05, 4.69) is 5.32 Å². The zero-order chi connectivity index (χ0) is 13.8. The molecule has 1 aromatic rings. The lowest BCUT2D eigenvalue weighted by Gasteiger charge is -2.29. The molecule has 4 heteroatoms. The highest BCUT2D eigenvalue weighted by atomic mass is 35.5. The Bertz CT molecular complexity index is 450. The van der Waals surface area contributed by atoms with E-state index in [1.54, 1.807) is 0 Å². The third kappa shape index (κ3) is 3.48. The van der Waals surface area contributed by atoms with Gasteiger partial charge in [-0.05, 0) is 31.4 Å². The molecule has 3 unspecified atom stereocenters. The summed E-state index contributed by atoms with van der Waals surface area (Å²) in [6.45, 7) is 1.95. The highest BCUT2D eigenvalue weighted by molar-refractivity contribution is 6.31. The minimum atomic E-state index is -0.0877. The van der Waals surface area contributed by atoms with Crippen LogP contribution in [0.4, 0.5) is 0 Å². The molecule has 0 spiro atoms. The number of benzene rings is 1. The molecule has 0 saturated heterocycles. The number of rotatable bonds is 3. The maximum atomic E-state index is 12.3. The Morgan fingerprint density at radius 3 is 2.74 bits per heavy atom. The summed E-state index contributed by atoms with van der Waals surface area (Å²) in [5, 5.41) is 3.72. The Hall–Kier alpha value is -1.06. The number of halogens is 1. The Kier molecular flexibility index (Phi) is 4.83. The first-order valence-electron chi connectivity index (χ1n) is 6.90. The van der Waals surface area contributed by atoms with Gasteiger partial charge in [0.25, 0.3) is 0 Å². The summed E-state index contributed by atoms with van der Waals surface area (Å²) in [5.74, 6) is -0.00157. The summed E-state index contributed by atoms with van der Waals surface area (Å²) in [4.78, 5) is 12.3. The van der Waals surface area contributed by atoms with E-state index in [1.165, 1.54) is 0 Å². The fourth-order valence-electron chi connectivity index (χ4n) is 2.71. The van der Waals surface area contributed by atoms with Gasteiger partial charge in [-0.25, -0.2) is 0 Å². The fraction of sp³-hybridized carbons (Fsp3) is 0.533. The minimum absolute atomic E-state index is 0.00723. The second-order valence-electron chi connectivity index (χ2n) is 5.31. The van der Waals surface area contributed by atoms with Crippen LogP contribution < -0.4 is 11.1 Å². The van der Waals surface area contributed by atoms with E-state index in [4.69, 9.17) is 17.3 Å². The van der Waals surface area contributed by atoms with Gasteiger partial charge in [0, 0.05) is 11.1 Å². The fourth-order valence-corrected chi connectivity index (χ4v) is 3.01. The Balaban J connectivity index is 2.00. The lowest BCUT2D eigenvalue weighted by atomic mass is 9.84. The second kappa shape index (κ2) is 6.40. The highest BCUT2D eigenvalue weighted by Gasteiger charge is 2.29. The molecule has 1 amide bonds. The van der Waals surface area contributed by atoms with E-state index < -0.39 is 0 Å². The third-order valence-corrected chi connectivity index (χ3v) is 4.23. The van der Waals surface area contributed by atoms with Crippen LogP contribution in [0.2, 0.25) is 5.02 Å². The molecule has 1 fully saturated rings. The summed E-state index contributed by atoms with van der Waals surface area (Å²) in [6, 6.07) is 7.50. The molecule has 1 aliphatic rings. The van der Waals surface area contributed by atoms with E-state index in [9.17, 15) is 4.79 Å². The molecule has 1 aromatic carbocycles. The molecule has 3 nitrogen and oxygen atoms in total. The number of carbonyl (C=O) groups excluding carboxylic acids is 1. The molecule has 0 heterocycles. The first-order valence-corrected chi connectivity index (χ1v) is 7.27. The van der Waals surface area contributed by atoms with Crippen LogP contribution in [0.15, 0.2) is 24.3 Å². The zero-order valence-electron chi connectivity index (χ0n) is 11.2. The van der Waals surface area contributed by atoms with E-state index in [-0.39, 0.29) is 23.9 Å². The first kappa shape index (κ1) is 14.4. The normalized spacial score (nSPS) is 24.8. The van der Waals surface area contributed by atoms with Crippen molar-refractivity contribution in [2.24, 2.45) is 11.7 Å². The molecule has 0 bridgehead atoms. The average Bonchev–Trinajstić information content (AvgIpc) is 2.39. The number of amides is 1. The van der Waals surface area contributed by atoms with Crippen molar-refractivity contribution < 1.29 is 4.79 Å². The Morgan fingerprint density at radius 2 is 2.05 bits per heavy atom. The number of hydrogen-bond donors (Lipinski definition) is 2. The van der Waals surface area contributed by atoms with Crippen molar-refractivity contribution in [2.45, 2.75) is 44.7 Å². The van der Waals surface area contributed by atoms with Gasteiger partial charge in [0.1, 0.15) is 0 Å². The number of hydrogen-bond acceptors (Lipinski definition) is 2. The van der Waals surface area contributed by atoms with Gasteiger partial charge >= 0.3 is 0 Å². The summed E-state index contributed by atoms with van der Waals surface area (Å²) < 4.78 is 0. The first-order chi connectivity index (χ1) is 9.09. The van der Waals surface area contributed by atoms with Gasteiger partial charge in [-0.3, -0.25) is 4.79 Å². The predicted molar refractivity (Wildman–Crippen MR) is 77.9 cm³/mol. The van der Waals surface area contributed by atoms with E-state index in [1.807, 2.05) is 31.2 Å². The van der Waals surface area contributed by atoms with E-state index in [0.717, 1.165) is 31.2 Å². The molecule has 0 aliphatic heterocycles. The lowest BCUT2D eigenvalue weighted by Crippen LogP contribution is -2.44. The van der Waals surface area contributed by atoms with Crippen LogP contribution in [0.5, 0.6) is 0 Å². The SMILES string of the molecule is CC(NC(=O)C1CCCCC1N)c1ccccc1Cl. The Labute approximate surface area is 119 Å². The smallest absolute Gasteiger partial charge is 0.225 e. The van der Waals surface area contributed by atoms with E-state index >= 15 is 0 Å². The summed E-state index contributed by atoms with van der Waals surface area (Å²) >= 11 is 6.14. The molecular formula is C15H21ClN2O. The van der Waals surface area contributed by atoms with Crippen molar-refractivity contribution in [3.05, 3.63) is 34.9 Å². The molecule has 0 aromatic heterocycles. The molecule has 1 aliphatic carbocycles. The number of nitrogens with one attached hydrogen (secondary N) is 1. The monoisotopic (exact) mass is 280 g/mol. The average molecular weight is 281 g/mol. The molecular weight excluding hydrogens is 260 g/mol. The maximum Gasteiger partial charge on any atom is 0.225 e. The van der Waals surface area contributed by atoms with Crippen molar-refractivity contribution in [2.75, 3.05) is 0 Å². The van der Waals surface area contributed by atoms with Crippen LogP contribution in [0.3, 0.4) is 0 Å². The van der Waals surface area contributed by atoms with Crippen molar-refractivity contribution in [3.8, 4) is 0 Å². The minimum Gasteiger partial charge on any atom is -0.349 e. The van der Waals surface area contributed by atoms with Crippen LogP contribution in [0.1, 0.15) is 44.2 Å². The van der Waals surface area contributed by atoms with Crippen molar-refractivity contribution in [3.63, 3.8) is 0 Å². The van der Waals surface area contributed by atoms with Gasteiger partial charge in [-0.2, -0.15) is 0 Å². The van der Waals surface area contributed by atoms with Crippen LogP contribution >= 0.6 is 11.6 Å².